The zero-order chi connectivity index (χ0) is 22.4. The lowest BCUT2D eigenvalue weighted by molar-refractivity contribution is 0.0668. The summed E-state index contributed by atoms with van der Waals surface area (Å²) in [6.07, 6.45) is 0.893. The summed E-state index contributed by atoms with van der Waals surface area (Å²) in [7, 11) is 0. The van der Waals surface area contributed by atoms with Crippen molar-refractivity contribution >= 4 is 17.2 Å². The van der Waals surface area contributed by atoms with E-state index in [1.165, 1.54) is 5.56 Å². The zero-order valence-electron chi connectivity index (χ0n) is 19.1. The monoisotopic (exact) mass is 436 g/mol. The molecular formula is C26H32N2O2S. The third-order valence-electron chi connectivity index (χ3n) is 5.58. The van der Waals surface area contributed by atoms with E-state index in [9.17, 15) is 4.79 Å². The van der Waals surface area contributed by atoms with Gasteiger partial charge in [-0.05, 0) is 49.4 Å². The number of rotatable bonds is 9. The first-order chi connectivity index (χ1) is 14.9. The van der Waals surface area contributed by atoms with Crippen LogP contribution in [0.25, 0.3) is 0 Å². The first-order valence-corrected chi connectivity index (χ1v) is 11.8. The molecule has 0 bridgehead atoms. The van der Waals surface area contributed by atoms with E-state index in [1.54, 1.807) is 11.3 Å². The summed E-state index contributed by atoms with van der Waals surface area (Å²) in [4.78, 5) is 19.9. The Kier molecular flexibility index (Phi) is 7.85. The number of carbonyl (C=O) groups is 1. The molecule has 0 saturated heterocycles. The van der Waals surface area contributed by atoms with E-state index >= 15 is 0 Å². The number of hydrogen-bond donors (Lipinski definition) is 0. The molecule has 2 aromatic carbocycles. The van der Waals surface area contributed by atoms with Crippen LogP contribution in [0, 0.1) is 6.92 Å². The molecule has 1 aromatic heterocycles. The quantitative estimate of drug-likeness (QED) is 0.380. The number of ether oxygens (including phenoxy) is 1. The average Bonchev–Trinajstić information content (AvgIpc) is 3.23. The number of carbonyl (C=O) groups excluding carboxylic acids is 1. The van der Waals surface area contributed by atoms with Gasteiger partial charge < -0.3 is 9.64 Å². The van der Waals surface area contributed by atoms with Crippen LogP contribution in [0.2, 0.25) is 0 Å². The van der Waals surface area contributed by atoms with Gasteiger partial charge in [0.25, 0.3) is 5.91 Å². The smallest absolute Gasteiger partial charge is 0.254 e. The van der Waals surface area contributed by atoms with Crippen LogP contribution < -0.4 is 4.74 Å². The maximum absolute atomic E-state index is 13.3. The molecule has 0 aliphatic heterocycles. The molecule has 0 aliphatic rings. The maximum atomic E-state index is 13.3. The van der Waals surface area contributed by atoms with Gasteiger partial charge >= 0.3 is 0 Å². The minimum Gasteiger partial charge on any atom is -0.486 e. The van der Waals surface area contributed by atoms with Gasteiger partial charge in [-0.1, -0.05) is 57.2 Å². The van der Waals surface area contributed by atoms with Crippen molar-refractivity contribution in [2.45, 2.75) is 66.2 Å². The van der Waals surface area contributed by atoms with Crippen LogP contribution in [0.5, 0.6) is 5.75 Å². The topological polar surface area (TPSA) is 42.4 Å². The average molecular weight is 437 g/mol. The summed E-state index contributed by atoms with van der Waals surface area (Å²) in [5, 5.41) is 2.95. The Morgan fingerprint density at radius 1 is 1.10 bits per heavy atom. The number of benzene rings is 2. The van der Waals surface area contributed by atoms with Crippen molar-refractivity contribution in [3.63, 3.8) is 0 Å². The van der Waals surface area contributed by atoms with E-state index in [0.717, 1.165) is 34.0 Å². The first kappa shape index (κ1) is 23.0. The summed E-state index contributed by atoms with van der Waals surface area (Å²) in [5.74, 6) is 1.37. The number of nitrogens with zero attached hydrogens (tertiary/aromatic N) is 2. The molecule has 5 heteroatoms. The highest BCUT2D eigenvalue weighted by Gasteiger charge is 2.23. The lowest BCUT2D eigenvalue weighted by atomic mass is 10.0. The molecule has 0 radical (unpaired) electrons. The molecule has 0 fully saturated rings. The first-order valence-electron chi connectivity index (χ1n) is 10.9. The molecule has 3 aromatic rings. The van der Waals surface area contributed by atoms with Crippen molar-refractivity contribution in [1.82, 2.24) is 9.88 Å². The lowest BCUT2D eigenvalue weighted by Crippen LogP contribution is -2.38. The summed E-state index contributed by atoms with van der Waals surface area (Å²) in [5.41, 5.74) is 3.86. The van der Waals surface area contributed by atoms with Crippen LogP contribution in [0.4, 0.5) is 0 Å². The Morgan fingerprint density at radius 3 is 2.52 bits per heavy atom. The molecule has 1 atom stereocenters. The maximum Gasteiger partial charge on any atom is 0.254 e. The third kappa shape index (κ3) is 5.73. The number of hydrogen-bond acceptors (Lipinski definition) is 4. The fourth-order valence-corrected chi connectivity index (χ4v) is 4.20. The van der Waals surface area contributed by atoms with Crippen molar-refractivity contribution in [3.05, 3.63) is 81.3 Å². The van der Waals surface area contributed by atoms with Crippen molar-refractivity contribution in [3.8, 4) is 5.75 Å². The van der Waals surface area contributed by atoms with Gasteiger partial charge in [0.2, 0.25) is 0 Å². The minimum atomic E-state index is 0.0594. The Labute approximate surface area is 189 Å². The van der Waals surface area contributed by atoms with Gasteiger partial charge in [-0.3, -0.25) is 4.79 Å². The van der Waals surface area contributed by atoms with Gasteiger partial charge in [-0.25, -0.2) is 4.98 Å². The van der Waals surface area contributed by atoms with E-state index in [1.807, 2.05) is 59.7 Å². The zero-order valence-corrected chi connectivity index (χ0v) is 19.9. The molecule has 4 nitrogen and oxygen atoms in total. The second-order valence-electron chi connectivity index (χ2n) is 8.22. The molecular weight excluding hydrogens is 404 g/mol. The van der Waals surface area contributed by atoms with Crippen LogP contribution in [0.1, 0.15) is 72.2 Å². The van der Waals surface area contributed by atoms with Crippen LogP contribution in [-0.2, 0) is 13.2 Å². The van der Waals surface area contributed by atoms with Gasteiger partial charge in [0.15, 0.2) is 0 Å². The van der Waals surface area contributed by atoms with Crippen LogP contribution in [0.15, 0.2) is 53.9 Å². The van der Waals surface area contributed by atoms with E-state index < -0.39 is 0 Å². The van der Waals surface area contributed by atoms with Crippen molar-refractivity contribution in [1.29, 1.82) is 0 Å². The Balaban J connectivity index is 1.72. The Hall–Kier alpha value is -2.66. The minimum absolute atomic E-state index is 0.0594. The predicted molar refractivity (Wildman–Crippen MR) is 128 cm³/mol. The largest absolute Gasteiger partial charge is 0.486 e. The molecule has 0 unspecified atom stereocenters. The van der Waals surface area contributed by atoms with Crippen molar-refractivity contribution in [2.24, 2.45) is 0 Å². The number of para-hydroxylation sites is 1. The number of amides is 1. The summed E-state index contributed by atoms with van der Waals surface area (Å²) < 4.78 is 6.07. The normalized spacial score (nSPS) is 12.1. The molecule has 31 heavy (non-hydrogen) atoms. The molecule has 0 N–H and O–H groups in total. The molecule has 0 saturated carbocycles. The van der Waals surface area contributed by atoms with Crippen molar-refractivity contribution in [2.75, 3.05) is 0 Å². The van der Waals surface area contributed by atoms with Gasteiger partial charge in [0, 0.05) is 17.0 Å². The Morgan fingerprint density at radius 2 is 1.81 bits per heavy atom. The fourth-order valence-electron chi connectivity index (χ4n) is 3.51. The fraction of sp³-hybridized carbons (Fsp3) is 0.385. The van der Waals surface area contributed by atoms with Gasteiger partial charge in [0.1, 0.15) is 17.4 Å². The molecule has 1 heterocycles. The highest BCUT2D eigenvalue weighted by Crippen LogP contribution is 2.27. The van der Waals surface area contributed by atoms with Gasteiger partial charge in [0.05, 0.1) is 12.2 Å². The van der Waals surface area contributed by atoms with Crippen LogP contribution in [-0.4, -0.2) is 21.8 Å². The van der Waals surface area contributed by atoms with Gasteiger partial charge in [-0.2, -0.15) is 0 Å². The standard InChI is InChI=1S/C26H32N2O2S/c1-6-20(5)28(26(29)23-13-8-7-11-19(23)4)15-21-17-31-25(27-21)16-30-24-14-10-9-12-22(24)18(2)3/h7-14,17-18,20H,6,15-16H2,1-5H3/t20-/m1/s1. The molecule has 0 aliphatic carbocycles. The van der Waals surface area contributed by atoms with E-state index in [2.05, 4.69) is 33.8 Å². The van der Waals surface area contributed by atoms with E-state index in [4.69, 9.17) is 9.72 Å². The number of aromatic nitrogens is 1. The third-order valence-corrected chi connectivity index (χ3v) is 6.45. The predicted octanol–water partition coefficient (Wildman–Crippen LogP) is 6.59. The molecule has 0 spiro atoms. The Bertz CT molecular complexity index is 1010. The van der Waals surface area contributed by atoms with E-state index in [-0.39, 0.29) is 11.9 Å². The number of thiazole rings is 1. The summed E-state index contributed by atoms with van der Waals surface area (Å²) in [6.45, 7) is 11.4. The highest BCUT2D eigenvalue weighted by atomic mass is 32.1. The molecule has 164 valence electrons. The second-order valence-corrected chi connectivity index (χ2v) is 9.16. The summed E-state index contributed by atoms with van der Waals surface area (Å²) in [6, 6.07) is 16.0. The SMILES string of the molecule is CC[C@@H](C)N(Cc1csc(COc2ccccc2C(C)C)n1)C(=O)c1ccccc1C. The van der Waals surface area contributed by atoms with Gasteiger partial charge in [-0.15, -0.1) is 11.3 Å². The van der Waals surface area contributed by atoms with Crippen LogP contribution >= 0.6 is 11.3 Å². The number of aryl methyl sites for hydroxylation is 1. The highest BCUT2D eigenvalue weighted by molar-refractivity contribution is 7.09. The molecule has 1 amide bonds. The summed E-state index contributed by atoms with van der Waals surface area (Å²) >= 11 is 1.58. The second kappa shape index (κ2) is 10.6. The van der Waals surface area contributed by atoms with E-state index in [0.29, 0.717) is 19.1 Å². The van der Waals surface area contributed by atoms with Crippen molar-refractivity contribution < 1.29 is 9.53 Å². The van der Waals surface area contributed by atoms with Crippen LogP contribution in [0.3, 0.4) is 0 Å². The lowest BCUT2D eigenvalue weighted by Gasteiger charge is -2.28. The molecule has 3 rings (SSSR count).